The molecule has 1 N–H and O–H groups in total. The average Bonchev–Trinajstić information content (AvgIpc) is 3.14. The Morgan fingerprint density at radius 2 is 1.59 bits per heavy atom. The Balaban J connectivity index is 1.82. The summed E-state index contributed by atoms with van der Waals surface area (Å²) in [6, 6.07) is 0. The zero-order valence-corrected chi connectivity index (χ0v) is 22.0. The molecule has 9 atom stereocenters. The van der Waals surface area contributed by atoms with Crippen molar-refractivity contribution in [3.05, 3.63) is 11.6 Å². The molecule has 0 radical (unpaired) electrons. The molecule has 0 heterocycles. The van der Waals surface area contributed by atoms with Crippen LogP contribution >= 0.6 is 0 Å². The van der Waals surface area contributed by atoms with Crippen molar-refractivity contribution < 1.29 is 47.9 Å². The number of rotatable bonds is 3. The molecule has 0 amide bonds. The Hall–Kier alpha value is -2.93. The van der Waals surface area contributed by atoms with Crippen molar-refractivity contribution in [3.63, 3.8) is 0 Å². The summed E-state index contributed by atoms with van der Waals surface area (Å²) in [5.41, 5.74) is -1.73. The van der Waals surface area contributed by atoms with Crippen molar-refractivity contribution in [1.29, 1.82) is 0 Å². The maximum Gasteiger partial charge on any atom is 0.508 e. The third-order valence-electron chi connectivity index (χ3n) is 9.61. The SMILES string of the molecule is C#C[C@]1(O)CCC2C3C([C@H](OC(=O)OC)C[C@@]21C)[C@@]1(C)CC[C@H](OC(=O)OC)CC1=C[C@@H]3OC(=O)OC. The summed E-state index contributed by atoms with van der Waals surface area (Å²) in [6.07, 6.45) is 6.46. The van der Waals surface area contributed by atoms with E-state index < -0.39 is 53.2 Å². The molecule has 0 saturated heterocycles. The molecule has 0 bridgehead atoms. The Labute approximate surface area is 216 Å². The lowest BCUT2D eigenvalue weighted by Gasteiger charge is -2.61. The van der Waals surface area contributed by atoms with Crippen LogP contribution in [0.25, 0.3) is 0 Å². The van der Waals surface area contributed by atoms with Crippen LogP contribution in [0.2, 0.25) is 0 Å². The molecule has 0 aromatic heterocycles. The highest BCUT2D eigenvalue weighted by atomic mass is 16.7. The van der Waals surface area contributed by atoms with Crippen LogP contribution < -0.4 is 0 Å². The van der Waals surface area contributed by atoms with Gasteiger partial charge in [-0.25, -0.2) is 14.4 Å². The number of hydrogen-bond donors (Lipinski definition) is 1. The smallest absolute Gasteiger partial charge is 0.438 e. The molecule has 3 saturated carbocycles. The summed E-state index contributed by atoms with van der Waals surface area (Å²) in [5, 5.41) is 11.5. The van der Waals surface area contributed by atoms with Gasteiger partial charge < -0.3 is 33.5 Å². The maximum absolute atomic E-state index is 12.4. The van der Waals surface area contributed by atoms with Gasteiger partial charge in [-0.15, -0.1) is 6.42 Å². The van der Waals surface area contributed by atoms with E-state index in [4.69, 9.17) is 30.1 Å². The largest absolute Gasteiger partial charge is 0.508 e. The second kappa shape index (κ2) is 9.75. The topological polar surface area (TPSA) is 127 Å². The fourth-order valence-electron chi connectivity index (χ4n) is 7.75. The monoisotopic (exact) mass is 520 g/mol. The summed E-state index contributed by atoms with van der Waals surface area (Å²) in [7, 11) is 3.74. The third-order valence-corrected chi connectivity index (χ3v) is 9.61. The van der Waals surface area contributed by atoms with Crippen molar-refractivity contribution in [2.75, 3.05) is 21.3 Å². The molecule has 4 aliphatic carbocycles. The van der Waals surface area contributed by atoms with E-state index in [-0.39, 0.29) is 17.8 Å². The summed E-state index contributed by atoms with van der Waals surface area (Å²) < 4.78 is 31.5. The third kappa shape index (κ3) is 4.31. The number of terminal acetylenes is 1. The van der Waals surface area contributed by atoms with Crippen LogP contribution in [-0.2, 0) is 28.4 Å². The molecule has 0 aliphatic heterocycles. The highest BCUT2D eigenvalue weighted by molar-refractivity contribution is 5.61. The van der Waals surface area contributed by atoms with E-state index >= 15 is 0 Å². The van der Waals surface area contributed by atoms with Crippen LogP contribution in [0, 0.1) is 40.9 Å². The lowest BCUT2D eigenvalue weighted by Crippen LogP contribution is -2.63. The summed E-state index contributed by atoms with van der Waals surface area (Å²) in [5.74, 6) is 1.88. The van der Waals surface area contributed by atoms with Crippen LogP contribution in [-0.4, -0.2) is 68.8 Å². The predicted molar refractivity (Wildman–Crippen MR) is 128 cm³/mol. The van der Waals surface area contributed by atoms with E-state index in [2.05, 4.69) is 17.6 Å². The normalized spacial score (nSPS) is 41.9. The number of carbonyl (C=O) groups is 3. The Morgan fingerprint density at radius 3 is 2.22 bits per heavy atom. The van der Waals surface area contributed by atoms with Crippen LogP contribution in [0.5, 0.6) is 0 Å². The minimum Gasteiger partial charge on any atom is -0.438 e. The molecule has 3 fully saturated rings. The molecular formula is C27H36O10. The Kier molecular flexibility index (Phi) is 7.14. The first-order chi connectivity index (χ1) is 17.5. The molecule has 37 heavy (non-hydrogen) atoms. The minimum absolute atomic E-state index is 0.121. The van der Waals surface area contributed by atoms with Gasteiger partial charge in [0, 0.05) is 23.7 Å². The van der Waals surface area contributed by atoms with Crippen molar-refractivity contribution >= 4 is 18.5 Å². The molecule has 4 aliphatic rings. The van der Waals surface area contributed by atoms with Gasteiger partial charge in [0.2, 0.25) is 0 Å². The Bertz CT molecular complexity index is 1020. The molecular weight excluding hydrogens is 484 g/mol. The van der Waals surface area contributed by atoms with Crippen LogP contribution in [0.15, 0.2) is 11.6 Å². The summed E-state index contributed by atoms with van der Waals surface area (Å²) in [4.78, 5) is 36.6. The van der Waals surface area contributed by atoms with E-state index in [0.717, 1.165) is 5.57 Å². The zero-order valence-electron chi connectivity index (χ0n) is 22.0. The lowest BCUT2D eigenvalue weighted by atomic mass is 9.45. The van der Waals surface area contributed by atoms with Gasteiger partial charge in [-0.3, -0.25) is 0 Å². The first kappa shape index (κ1) is 27.1. The van der Waals surface area contributed by atoms with Gasteiger partial charge in [0.25, 0.3) is 0 Å². The van der Waals surface area contributed by atoms with Gasteiger partial charge >= 0.3 is 18.5 Å². The van der Waals surface area contributed by atoms with Gasteiger partial charge in [-0.1, -0.05) is 25.3 Å². The summed E-state index contributed by atoms with van der Waals surface area (Å²) in [6.45, 7) is 4.03. The Morgan fingerprint density at radius 1 is 0.973 bits per heavy atom. The molecule has 0 aromatic carbocycles. The van der Waals surface area contributed by atoms with E-state index in [1.54, 1.807) is 0 Å². The zero-order chi connectivity index (χ0) is 27.2. The van der Waals surface area contributed by atoms with Gasteiger partial charge in [0.15, 0.2) is 0 Å². The fourth-order valence-corrected chi connectivity index (χ4v) is 7.75. The highest BCUT2D eigenvalue weighted by Gasteiger charge is 2.69. The molecule has 10 nitrogen and oxygen atoms in total. The van der Waals surface area contributed by atoms with E-state index in [1.807, 2.05) is 13.0 Å². The van der Waals surface area contributed by atoms with Gasteiger partial charge in [0.05, 0.1) is 21.3 Å². The average molecular weight is 521 g/mol. The van der Waals surface area contributed by atoms with Gasteiger partial charge in [-0.2, -0.15) is 0 Å². The maximum atomic E-state index is 12.4. The molecule has 0 spiro atoms. The highest BCUT2D eigenvalue weighted by Crippen LogP contribution is 2.68. The van der Waals surface area contributed by atoms with Gasteiger partial charge in [-0.05, 0) is 49.5 Å². The molecule has 3 unspecified atom stereocenters. The number of fused-ring (bicyclic) bond motifs is 5. The second-order valence-electron chi connectivity index (χ2n) is 11.1. The molecule has 0 aromatic rings. The summed E-state index contributed by atoms with van der Waals surface area (Å²) >= 11 is 0. The van der Waals surface area contributed by atoms with Crippen molar-refractivity contribution in [2.45, 2.75) is 76.3 Å². The van der Waals surface area contributed by atoms with Crippen LogP contribution in [0.4, 0.5) is 14.4 Å². The first-order valence-electron chi connectivity index (χ1n) is 12.6. The number of aliphatic hydroxyl groups is 1. The molecule has 10 heteroatoms. The predicted octanol–water partition coefficient (Wildman–Crippen LogP) is 3.99. The van der Waals surface area contributed by atoms with Crippen LogP contribution in [0.1, 0.15) is 52.4 Å². The van der Waals surface area contributed by atoms with E-state index in [0.29, 0.717) is 38.5 Å². The van der Waals surface area contributed by atoms with E-state index in [9.17, 15) is 19.5 Å². The second-order valence-corrected chi connectivity index (χ2v) is 11.1. The number of carbonyl (C=O) groups excluding carboxylic acids is 3. The van der Waals surface area contributed by atoms with Crippen molar-refractivity contribution in [1.82, 2.24) is 0 Å². The lowest BCUT2D eigenvalue weighted by molar-refractivity contribution is -0.179. The van der Waals surface area contributed by atoms with Gasteiger partial charge in [0.1, 0.15) is 23.9 Å². The number of ether oxygens (including phenoxy) is 6. The standard InChI is InChI=1S/C27H36O10/c1-7-27(31)11-9-17-20-18(36-23(29)33-5)13-15-12-16(35-22(28)32-4)8-10-25(15,2)21(20)19(14-26(17,27)3)37-24(30)34-6/h1,13,16-21,31H,8-12,14H2,2-6H3/t16-,17?,18-,19+,20?,21?,25-,26-,27-/m0/s1. The number of hydrogen-bond acceptors (Lipinski definition) is 10. The van der Waals surface area contributed by atoms with E-state index in [1.165, 1.54) is 21.3 Å². The molecule has 4 rings (SSSR count). The van der Waals surface area contributed by atoms with Crippen molar-refractivity contribution in [3.8, 4) is 12.3 Å². The van der Waals surface area contributed by atoms with Crippen LogP contribution in [0.3, 0.4) is 0 Å². The fraction of sp³-hybridized carbons (Fsp3) is 0.741. The molecule has 204 valence electrons. The first-order valence-corrected chi connectivity index (χ1v) is 12.6. The quantitative estimate of drug-likeness (QED) is 0.253. The number of methoxy groups -OCH3 is 3. The van der Waals surface area contributed by atoms with Crippen molar-refractivity contribution in [2.24, 2.45) is 28.6 Å². The minimum atomic E-state index is -1.41.